The molecule has 6 heteroatoms. The number of allylic oxidation sites excluding steroid dienone is 1. The highest BCUT2D eigenvalue weighted by Gasteiger charge is 2.43. The van der Waals surface area contributed by atoms with Crippen LogP contribution in [-0.4, -0.2) is 31.3 Å². The first-order valence-electron chi connectivity index (χ1n) is 8.17. The van der Waals surface area contributed by atoms with Crippen LogP contribution in [0, 0.1) is 10.8 Å². The van der Waals surface area contributed by atoms with Crippen LogP contribution in [0.5, 0.6) is 0 Å². The molecule has 0 radical (unpaired) electrons. The summed E-state index contributed by atoms with van der Waals surface area (Å²) < 4.78 is 30.8. The Morgan fingerprint density at radius 2 is 1.79 bits per heavy atom. The molecule has 0 amide bonds. The van der Waals surface area contributed by atoms with Gasteiger partial charge in [-0.15, -0.1) is 0 Å². The van der Waals surface area contributed by atoms with Gasteiger partial charge in [-0.3, -0.25) is 4.55 Å². The Hall–Kier alpha value is -1.37. The van der Waals surface area contributed by atoms with Crippen molar-refractivity contribution in [2.45, 2.75) is 40.2 Å². The third kappa shape index (κ3) is 4.59. The van der Waals surface area contributed by atoms with Gasteiger partial charge in [0.1, 0.15) is 0 Å². The topological polar surface area (TPSA) is 92.4 Å². The summed E-state index contributed by atoms with van der Waals surface area (Å²) in [5, 5.41) is 3.34. The van der Waals surface area contributed by atoms with Crippen LogP contribution in [0.3, 0.4) is 0 Å². The molecule has 0 spiro atoms. The lowest BCUT2D eigenvalue weighted by Gasteiger charge is -2.48. The Labute approximate surface area is 145 Å². The molecule has 4 N–H and O–H groups in total. The number of hydrogen-bond donors (Lipinski definition) is 3. The van der Waals surface area contributed by atoms with Gasteiger partial charge in [0, 0.05) is 18.3 Å². The molecule has 1 atom stereocenters. The van der Waals surface area contributed by atoms with Crippen molar-refractivity contribution in [1.82, 2.24) is 5.32 Å². The van der Waals surface area contributed by atoms with Gasteiger partial charge in [-0.05, 0) is 40.5 Å². The van der Waals surface area contributed by atoms with Crippen molar-refractivity contribution in [3.8, 4) is 0 Å². The number of benzene rings is 1. The zero-order chi connectivity index (χ0) is 18.2. The predicted octanol–water partition coefficient (Wildman–Crippen LogP) is 2.95. The van der Waals surface area contributed by atoms with Gasteiger partial charge in [0.15, 0.2) is 0 Å². The van der Waals surface area contributed by atoms with E-state index in [1.807, 2.05) is 24.3 Å². The van der Waals surface area contributed by atoms with Gasteiger partial charge in [-0.25, -0.2) is 0 Å². The number of anilines is 1. The molecule has 5 nitrogen and oxygen atoms in total. The fourth-order valence-electron chi connectivity index (χ4n) is 3.94. The molecule has 1 aromatic carbocycles. The first kappa shape index (κ1) is 19.0. The van der Waals surface area contributed by atoms with Crippen LogP contribution in [0.15, 0.2) is 30.3 Å². The lowest BCUT2D eigenvalue weighted by molar-refractivity contribution is 0.140. The maximum absolute atomic E-state index is 11.0. The van der Waals surface area contributed by atoms with Gasteiger partial charge in [-0.1, -0.05) is 45.9 Å². The fourth-order valence-corrected chi connectivity index (χ4v) is 4.31. The molecule has 0 fully saturated rings. The second-order valence-electron chi connectivity index (χ2n) is 7.95. The minimum absolute atomic E-state index is 0.0613. The first-order valence-corrected chi connectivity index (χ1v) is 9.78. The molecule has 1 aliphatic rings. The highest BCUT2D eigenvalue weighted by Crippen LogP contribution is 2.47. The molecule has 134 valence electrons. The summed E-state index contributed by atoms with van der Waals surface area (Å²) in [6, 6.07) is 8.00. The molecule has 0 aromatic heterocycles. The van der Waals surface area contributed by atoms with Crippen LogP contribution in [0.1, 0.15) is 39.7 Å². The maximum atomic E-state index is 11.0. The van der Waals surface area contributed by atoms with E-state index in [1.54, 1.807) is 0 Å². The van der Waals surface area contributed by atoms with Crippen LogP contribution in [0.2, 0.25) is 0 Å². The Kier molecular flexibility index (Phi) is 5.14. The normalized spacial score (nSPS) is 22.9. The van der Waals surface area contributed by atoms with E-state index >= 15 is 0 Å². The summed E-state index contributed by atoms with van der Waals surface area (Å²) in [4.78, 5) is 0. The van der Waals surface area contributed by atoms with Crippen molar-refractivity contribution in [3.63, 3.8) is 0 Å². The van der Waals surface area contributed by atoms with Gasteiger partial charge in [0.25, 0.3) is 10.1 Å². The average molecular weight is 353 g/mol. The summed E-state index contributed by atoms with van der Waals surface area (Å²) in [6.07, 6.45) is 3.14. The lowest BCUT2D eigenvalue weighted by Crippen LogP contribution is -2.53. The van der Waals surface area contributed by atoms with Crippen molar-refractivity contribution >= 4 is 21.4 Å². The number of nitrogens with two attached hydrogens (primary N) is 1. The Bertz CT molecular complexity index is 719. The molecule has 0 aliphatic heterocycles. The van der Waals surface area contributed by atoms with E-state index in [4.69, 9.17) is 10.3 Å². The number of nitrogen functional groups attached to an aromatic ring is 1. The second-order valence-corrected chi connectivity index (χ2v) is 9.52. The van der Waals surface area contributed by atoms with E-state index in [-0.39, 0.29) is 29.2 Å². The van der Waals surface area contributed by atoms with E-state index in [1.165, 1.54) is 11.1 Å². The quantitative estimate of drug-likeness (QED) is 0.560. The van der Waals surface area contributed by atoms with Gasteiger partial charge in [0.2, 0.25) is 0 Å². The largest absolute Gasteiger partial charge is 0.399 e. The van der Waals surface area contributed by atoms with Gasteiger partial charge >= 0.3 is 0 Å². The van der Waals surface area contributed by atoms with Crippen molar-refractivity contribution in [1.29, 1.82) is 0 Å². The van der Waals surface area contributed by atoms with Crippen LogP contribution < -0.4 is 11.1 Å². The molecular weight excluding hydrogens is 324 g/mol. The third-order valence-corrected chi connectivity index (χ3v) is 5.43. The summed E-state index contributed by atoms with van der Waals surface area (Å²) in [7, 11) is -3.95. The third-order valence-electron chi connectivity index (χ3n) is 4.71. The Morgan fingerprint density at radius 1 is 1.21 bits per heavy atom. The van der Waals surface area contributed by atoms with Gasteiger partial charge in [-0.2, -0.15) is 8.42 Å². The highest BCUT2D eigenvalue weighted by molar-refractivity contribution is 7.85. The minimum atomic E-state index is -3.95. The molecule has 2 rings (SSSR count). The summed E-state index contributed by atoms with van der Waals surface area (Å²) in [6.45, 7) is 8.91. The van der Waals surface area contributed by atoms with Crippen molar-refractivity contribution in [3.05, 3.63) is 35.9 Å². The van der Waals surface area contributed by atoms with E-state index in [0.717, 1.165) is 12.1 Å². The van der Waals surface area contributed by atoms with Crippen LogP contribution in [0.4, 0.5) is 5.69 Å². The van der Waals surface area contributed by atoms with Crippen LogP contribution >= 0.6 is 0 Å². The number of rotatable bonds is 5. The standard InChI is InChI=1S/C18H28N2O3S/c1-17(2)11-14(13-5-7-15(19)8-6-13)12-18(3,4)16(17)20-9-10-24(21,22)23/h5-8,11,16,20H,9-10,12,19H2,1-4H3,(H,21,22,23). The fraction of sp³-hybridized carbons (Fsp3) is 0.556. The van der Waals surface area contributed by atoms with Crippen LogP contribution in [-0.2, 0) is 10.1 Å². The number of hydrogen-bond acceptors (Lipinski definition) is 4. The van der Waals surface area contributed by atoms with Gasteiger partial charge < -0.3 is 11.1 Å². The zero-order valence-corrected chi connectivity index (χ0v) is 15.7. The number of nitrogens with one attached hydrogen (secondary N) is 1. The molecule has 1 aromatic rings. The molecular formula is C18H28N2O3S. The monoisotopic (exact) mass is 352 g/mol. The summed E-state index contributed by atoms with van der Waals surface area (Å²) >= 11 is 0. The first-order chi connectivity index (χ1) is 10.9. The van der Waals surface area contributed by atoms with Crippen molar-refractivity contribution < 1.29 is 13.0 Å². The molecule has 0 saturated carbocycles. The smallest absolute Gasteiger partial charge is 0.266 e. The van der Waals surface area contributed by atoms with E-state index in [2.05, 4.69) is 39.1 Å². The van der Waals surface area contributed by atoms with Crippen molar-refractivity contribution in [2.75, 3.05) is 18.0 Å². The highest BCUT2D eigenvalue weighted by atomic mass is 32.2. The second kappa shape index (κ2) is 6.50. The van der Waals surface area contributed by atoms with E-state index < -0.39 is 10.1 Å². The summed E-state index contributed by atoms with van der Waals surface area (Å²) in [5.41, 5.74) is 8.75. The van der Waals surface area contributed by atoms with E-state index in [0.29, 0.717) is 0 Å². The van der Waals surface area contributed by atoms with E-state index in [9.17, 15) is 8.42 Å². The average Bonchev–Trinajstić information content (AvgIpc) is 2.40. The SMILES string of the molecule is CC1(C)C=C(c2ccc(N)cc2)CC(C)(C)C1NCCS(=O)(=O)O. The lowest BCUT2D eigenvalue weighted by atomic mass is 9.61. The minimum Gasteiger partial charge on any atom is -0.399 e. The molecule has 1 aliphatic carbocycles. The van der Waals surface area contributed by atoms with Crippen LogP contribution in [0.25, 0.3) is 5.57 Å². The Morgan fingerprint density at radius 3 is 2.29 bits per heavy atom. The zero-order valence-electron chi connectivity index (χ0n) is 14.8. The predicted molar refractivity (Wildman–Crippen MR) is 99.2 cm³/mol. The molecule has 0 bridgehead atoms. The summed E-state index contributed by atoms with van der Waals surface area (Å²) in [5.74, 6) is -0.274. The van der Waals surface area contributed by atoms with Gasteiger partial charge in [0.05, 0.1) is 5.75 Å². The maximum Gasteiger partial charge on any atom is 0.266 e. The Balaban J connectivity index is 2.25. The molecule has 24 heavy (non-hydrogen) atoms. The molecule has 0 heterocycles. The molecule has 1 unspecified atom stereocenters. The van der Waals surface area contributed by atoms with Crippen molar-refractivity contribution in [2.24, 2.45) is 10.8 Å². The molecule has 0 saturated heterocycles.